The van der Waals surface area contributed by atoms with Crippen molar-refractivity contribution in [2.24, 2.45) is 0 Å². The summed E-state index contributed by atoms with van der Waals surface area (Å²) in [6.45, 7) is 9.84. The van der Waals surface area contributed by atoms with E-state index >= 15 is 0 Å². The summed E-state index contributed by atoms with van der Waals surface area (Å²) in [5.74, 6) is 0.157. The zero-order valence-electron chi connectivity index (χ0n) is 11.1. The van der Waals surface area contributed by atoms with Crippen molar-refractivity contribution >= 4 is 11.6 Å². The maximum atomic E-state index is 9.39. The fourth-order valence-corrected chi connectivity index (χ4v) is 2.55. The van der Waals surface area contributed by atoms with Crippen LogP contribution in [0.25, 0.3) is 0 Å². The Morgan fingerprint density at radius 1 is 1.22 bits per heavy atom. The Morgan fingerprint density at radius 2 is 1.89 bits per heavy atom. The molecule has 3 nitrogen and oxygen atoms in total. The van der Waals surface area contributed by atoms with Crippen molar-refractivity contribution in [3.05, 3.63) is 28.8 Å². The number of nitrogens with zero attached hydrogens (tertiary/aromatic N) is 2. The fourth-order valence-electron chi connectivity index (χ4n) is 2.34. The number of phenolic OH excluding ortho intramolecular Hbond substituents is 1. The first-order valence-electron chi connectivity index (χ1n) is 6.50. The molecule has 1 aliphatic rings. The summed E-state index contributed by atoms with van der Waals surface area (Å²) < 4.78 is 0. The molecule has 100 valence electrons. The van der Waals surface area contributed by atoms with Crippen molar-refractivity contribution in [1.29, 1.82) is 0 Å². The van der Waals surface area contributed by atoms with Gasteiger partial charge in [0, 0.05) is 38.8 Å². The van der Waals surface area contributed by atoms with Crippen LogP contribution < -0.4 is 0 Å². The highest BCUT2D eigenvalue weighted by Gasteiger charge is 2.18. The van der Waals surface area contributed by atoms with Crippen LogP contribution in [0.2, 0.25) is 5.02 Å². The minimum Gasteiger partial charge on any atom is -0.506 e. The van der Waals surface area contributed by atoms with E-state index < -0.39 is 0 Å². The fraction of sp³-hybridized carbons (Fsp3) is 0.571. The first kappa shape index (κ1) is 13.7. The van der Waals surface area contributed by atoms with Gasteiger partial charge >= 0.3 is 0 Å². The quantitative estimate of drug-likeness (QED) is 0.913. The number of hydrogen-bond acceptors (Lipinski definition) is 3. The summed E-state index contributed by atoms with van der Waals surface area (Å²) >= 11 is 5.92. The van der Waals surface area contributed by atoms with Gasteiger partial charge in [0.05, 0.1) is 5.02 Å². The van der Waals surface area contributed by atoms with Crippen molar-refractivity contribution < 1.29 is 5.11 Å². The van der Waals surface area contributed by atoms with Crippen LogP contribution in [0.15, 0.2) is 18.2 Å². The monoisotopic (exact) mass is 268 g/mol. The number of rotatable bonds is 3. The van der Waals surface area contributed by atoms with Crippen LogP contribution in [-0.2, 0) is 6.54 Å². The maximum absolute atomic E-state index is 9.39. The number of aromatic hydroxyl groups is 1. The lowest BCUT2D eigenvalue weighted by atomic mass is 10.2. The molecule has 1 saturated heterocycles. The molecule has 0 aliphatic carbocycles. The Bertz CT molecular complexity index is 401. The normalized spacial score (nSPS) is 18.4. The number of phenols is 1. The molecule has 0 amide bonds. The van der Waals surface area contributed by atoms with Crippen LogP contribution in [-0.4, -0.2) is 47.1 Å². The predicted molar refractivity (Wildman–Crippen MR) is 75.1 cm³/mol. The lowest BCUT2D eigenvalue weighted by Gasteiger charge is -2.36. The van der Waals surface area contributed by atoms with E-state index in [1.165, 1.54) is 0 Å². The van der Waals surface area contributed by atoms with E-state index in [0.29, 0.717) is 11.1 Å². The molecule has 1 fully saturated rings. The molecule has 18 heavy (non-hydrogen) atoms. The SMILES string of the molecule is CC(C)N1CCN(Cc2ccc(O)c(Cl)c2)CC1. The van der Waals surface area contributed by atoms with E-state index in [9.17, 15) is 5.11 Å². The average molecular weight is 269 g/mol. The summed E-state index contributed by atoms with van der Waals surface area (Å²) in [5.41, 5.74) is 1.16. The zero-order chi connectivity index (χ0) is 13.1. The van der Waals surface area contributed by atoms with Gasteiger partial charge in [-0.05, 0) is 31.5 Å². The molecule has 0 atom stereocenters. The second-order valence-electron chi connectivity index (χ2n) is 5.19. The van der Waals surface area contributed by atoms with Crippen LogP contribution in [0.1, 0.15) is 19.4 Å². The molecule has 1 heterocycles. The van der Waals surface area contributed by atoms with Gasteiger partial charge in [-0.2, -0.15) is 0 Å². The summed E-state index contributed by atoms with van der Waals surface area (Å²) in [6, 6.07) is 6.10. The highest BCUT2D eigenvalue weighted by atomic mass is 35.5. The van der Waals surface area contributed by atoms with Gasteiger partial charge in [0.15, 0.2) is 0 Å². The van der Waals surface area contributed by atoms with Gasteiger partial charge in [-0.25, -0.2) is 0 Å². The number of halogens is 1. The van der Waals surface area contributed by atoms with Crippen molar-refractivity contribution in [1.82, 2.24) is 9.80 Å². The smallest absolute Gasteiger partial charge is 0.134 e. The molecule has 1 aromatic rings. The minimum atomic E-state index is 0.157. The largest absolute Gasteiger partial charge is 0.506 e. The van der Waals surface area contributed by atoms with Crippen LogP contribution in [0, 0.1) is 0 Å². The highest BCUT2D eigenvalue weighted by molar-refractivity contribution is 6.32. The van der Waals surface area contributed by atoms with E-state index in [2.05, 4.69) is 23.6 Å². The van der Waals surface area contributed by atoms with Gasteiger partial charge in [0.25, 0.3) is 0 Å². The second-order valence-corrected chi connectivity index (χ2v) is 5.60. The number of piperazine rings is 1. The molecule has 0 spiro atoms. The lowest BCUT2D eigenvalue weighted by molar-refractivity contribution is 0.104. The Kier molecular flexibility index (Phi) is 4.49. The Labute approximate surface area is 114 Å². The van der Waals surface area contributed by atoms with Crippen LogP contribution in [0.3, 0.4) is 0 Å². The molecule has 2 rings (SSSR count). The molecule has 1 aliphatic heterocycles. The minimum absolute atomic E-state index is 0.157. The lowest BCUT2D eigenvalue weighted by Crippen LogP contribution is -2.48. The van der Waals surface area contributed by atoms with Crippen LogP contribution in [0.5, 0.6) is 5.75 Å². The molecule has 4 heteroatoms. The van der Waals surface area contributed by atoms with E-state index in [4.69, 9.17) is 11.6 Å². The van der Waals surface area contributed by atoms with Crippen molar-refractivity contribution in [3.63, 3.8) is 0 Å². The van der Waals surface area contributed by atoms with Gasteiger partial charge in [-0.1, -0.05) is 17.7 Å². The number of hydrogen-bond donors (Lipinski definition) is 1. The van der Waals surface area contributed by atoms with E-state index in [0.717, 1.165) is 38.3 Å². The highest BCUT2D eigenvalue weighted by Crippen LogP contribution is 2.24. The van der Waals surface area contributed by atoms with Gasteiger partial charge < -0.3 is 5.11 Å². The molecular weight excluding hydrogens is 248 g/mol. The molecule has 0 bridgehead atoms. The summed E-state index contributed by atoms with van der Waals surface area (Å²) in [4.78, 5) is 4.93. The third kappa shape index (κ3) is 3.37. The molecule has 1 aromatic carbocycles. The second kappa shape index (κ2) is 5.91. The molecule has 0 aromatic heterocycles. The first-order chi connectivity index (χ1) is 8.56. The van der Waals surface area contributed by atoms with E-state index in [1.807, 2.05) is 12.1 Å². The summed E-state index contributed by atoms with van der Waals surface area (Å²) in [5, 5.41) is 9.83. The first-order valence-corrected chi connectivity index (χ1v) is 6.88. The van der Waals surface area contributed by atoms with E-state index in [1.54, 1.807) is 6.07 Å². The van der Waals surface area contributed by atoms with Gasteiger partial charge in [-0.3, -0.25) is 9.80 Å². The van der Waals surface area contributed by atoms with Gasteiger partial charge in [0.2, 0.25) is 0 Å². The van der Waals surface area contributed by atoms with Crippen LogP contribution >= 0.6 is 11.6 Å². The molecule has 1 N–H and O–H groups in total. The summed E-state index contributed by atoms with van der Waals surface area (Å²) in [6.07, 6.45) is 0. The topological polar surface area (TPSA) is 26.7 Å². The van der Waals surface area contributed by atoms with Gasteiger partial charge in [-0.15, -0.1) is 0 Å². The maximum Gasteiger partial charge on any atom is 0.134 e. The molecule has 0 radical (unpaired) electrons. The number of benzene rings is 1. The third-order valence-corrected chi connectivity index (χ3v) is 3.86. The van der Waals surface area contributed by atoms with Crippen molar-refractivity contribution in [3.8, 4) is 5.75 Å². The predicted octanol–water partition coefficient (Wildman–Crippen LogP) is 2.57. The zero-order valence-corrected chi connectivity index (χ0v) is 11.8. The third-order valence-electron chi connectivity index (χ3n) is 3.56. The van der Waals surface area contributed by atoms with Crippen molar-refractivity contribution in [2.75, 3.05) is 26.2 Å². The van der Waals surface area contributed by atoms with Crippen LogP contribution in [0.4, 0.5) is 0 Å². The summed E-state index contributed by atoms with van der Waals surface area (Å²) in [7, 11) is 0. The molecule has 0 saturated carbocycles. The standard InChI is InChI=1S/C14H21ClN2O/c1-11(2)17-7-5-16(6-8-17)10-12-3-4-14(18)13(15)9-12/h3-4,9,11,18H,5-8,10H2,1-2H3. The van der Waals surface area contributed by atoms with Gasteiger partial charge in [0.1, 0.15) is 5.75 Å². The molecule has 0 unspecified atom stereocenters. The average Bonchev–Trinajstić information content (AvgIpc) is 2.34. The molecular formula is C14H21ClN2O. The van der Waals surface area contributed by atoms with Crippen molar-refractivity contribution in [2.45, 2.75) is 26.4 Å². The Hall–Kier alpha value is -0.770. The van der Waals surface area contributed by atoms with E-state index in [-0.39, 0.29) is 5.75 Å². The Morgan fingerprint density at radius 3 is 2.44 bits per heavy atom. The Balaban J connectivity index is 1.89.